The van der Waals surface area contributed by atoms with Crippen LogP contribution < -0.4 is 4.90 Å². The summed E-state index contributed by atoms with van der Waals surface area (Å²) in [6, 6.07) is 9.25. The lowest BCUT2D eigenvalue weighted by Crippen LogP contribution is -2.38. The summed E-state index contributed by atoms with van der Waals surface area (Å²) in [6.45, 7) is 3.27. The number of aryl methyl sites for hydroxylation is 1. The van der Waals surface area contributed by atoms with Gasteiger partial charge in [0, 0.05) is 11.4 Å². The maximum absolute atomic E-state index is 12.1. The number of para-hydroxylation sites is 1. The zero-order valence-corrected chi connectivity index (χ0v) is 12.8. The smallest absolute Gasteiger partial charge is 0.291 e. The number of hydrogen-bond acceptors (Lipinski definition) is 4. The van der Waals surface area contributed by atoms with Gasteiger partial charge in [0.25, 0.3) is 5.78 Å². The minimum Gasteiger partial charge on any atom is -0.291 e. The molecule has 0 aliphatic carbocycles. The largest absolute Gasteiger partial charge is 0.300 e. The molecular formula is C16H16N2O2S. The summed E-state index contributed by atoms with van der Waals surface area (Å²) < 4.78 is 0. The third-order valence-electron chi connectivity index (χ3n) is 3.64. The third kappa shape index (κ3) is 2.50. The average Bonchev–Trinajstić information content (AvgIpc) is 2.97. The number of anilines is 1. The van der Waals surface area contributed by atoms with Crippen molar-refractivity contribution in [3.8, 4) is 0 Å². The Labute approximate surface area is 127 Å². The Bertz CT molecular complexity index is 708. The van der Waals surface area contributed by atoms with Gasteiger partial charge >= 0.3 is 5.91 Å². The molecule has 0 fully saturated rings. The molecule has 108 valence electrons. The van der Waals surface area contributed by atoms with Crippen molar-refractivity contribution in [3.05, 3.63) is 51.7 Å². The van der Waals surface area contributed by atoms with E-state index in [4.69, 9.17) is 0 Å². The molecule has 1 aromatic carbocycles. The van der Waals surface area contributed by atoms with E-state index in [-0.39, 0.29) is 0 Å². The molecule has 0 unspecified atom stereocenters. The van der Waals surface area contributed by atoms with Gasteiger partial charge in [0.1, 0.15) is 0 Å². The van der Waals surface area contributed by atoms with Gasteiger partial charge in [-0.2, -0.15) is 0 Å². The van der Waals surface area contributed by atoms with E-state index in [1.165, 1.54) is 10.4 Å². The molecule has 0 atom stereocenters. The van der Waals surface area contributed by atoms with Crippen LogP contribution in [0.2, 0.25) is 0 Å². The minimum atomic E-state index is -0.439. The average molecular weight is 300 g/mol. The highest BCUT2D eigenvalue weighted by molar-refractivity contribution is 7.10. The zero-order valence-electron chi connectivity index (χ0n) is 12.0. The number of ketones is 1. The van der Waals surface area contributed by atoms with E-state index in [9.17, 15) is 9.59 Å². The fraction of sp³-hybridized carbons (Fsp3) is 0.250. The van der Waals surface area contributed by atoms with Crippen LogP contribution in [0, 0.1) is 6.92 Å². The predicted molar refractivity (Wildman–Crippen MR) is 83.6 cm³/mol. The summed E-state index contributed by atoms with van der Waals surface area (Å²) >= 11 is 1.71. The van der Waals surface area contributed by atoms with Crippen molar-refractivity contribution < 1.29 is 9.59 Å². The molecule has 5 heteroatoms. The number of nitrogens with zero attached hydrogens (tertiary/aromatic N) is 2. The van der Waals surface area contributed by atoms with Gasteiger partial charge in [-0.15, -0.1) is 11.3 Å². The van der Waals surface area contributed by atoms with Crippen molar-refractivity contribution in [2.24, 2.45) is 0 Å². The molecule has 1 aliphatic heterocycles. The van der Waals surface area contributed by atoms with Crippen molar-refractivity contribution in [2.45, 2.75) is 13.5 Å². The summed E-state index contributed by atoms with van der Waals surface area (Å²) in [6.07, 6.45) is 0. The van der Waals surface area contributed by atoms with E-state index in [2.05, 4.69) is 18.4 Å². The number of fused-ring (bicyclic) bond motifs is 1. The zero-order chi connectivity index (χ0) is 15.0. The van der Waals surface area contributed by atoms with E-state index >= 15 is 0 Å². The van der Waals surface area contributed by atoms with Crippen LogP contribution in [0.25, 0.3) is 0 Å². The van der Waals surface area contributed by atoms with Crippen molar-refractivity contribution in [1.82, 2.24) is 4.90 Å². The maximum Gasteiger partial charge on any atom is 0.300 e. The monoisotopic (exact) mass is 300 g/mol. The van der Waals surface area contributed by atoms with Gasteiger partial charge in [-0.1, -0.05) is 12.1 Å². The second-order valence-corrected chi connectivity index (χ2v) is 6.26. The lowest BCUT2D eigenvalue weighted by molar-refractivity contribution is -0.114. The van der Waals surface area contributed by atoms with Crippen LogP contribution in [0.1, 0.15) is 20.8 Å². The highest BCUT2D eigenvalue weighted by Crippen LogP contribution is 2.28. The number of carbonyl (C=O) groups excluding carboxylic acids is 2. The quantitative estimate of drug-likeness (QED) is 0.815. The maximum atomic E-state index is 12.1. The summed E-state index contributed by atoms with van der Waals surface area (Å²) in [5.74, 6) is -0.850. The summed E-state index contributed by atoms with van der Waals surface area (Å²) in [5.41, 5.74) is 2.47. The first-order valence-electron chi connectivity index (χ1n) is 6.74. The van der Waals surface area contributed by atoms with Crippen molar-refractivity contribution in [2.75, 3.05) is 18.6 Å². The number of carbonyl (C=O) groups is 2. The molecule has 3 rings (SSSR count). The molecule has 0 bridgehead atoms. The van der Waals surface area contributed by atoms with E-state index in [0.717, 1.165) is 6.54 Å². The van der Waals surface area contributed by atoms with Gasteiger partial charge in [-0.05, 0) is 43.1 Å². The fourth-order valence-electron chi connectivity index (χ4n) is 2.49. The predicted octanol–water partition coefficient (Wildman–Crippen LogP) is 2.68. The molecule has 0 saturated heterocycles. The van der Waals surface area contributed by atoms with E-state index < -0.39 is 11.7 Å². The molecule has 2 heterocycles. The highest BCUT2D eigenvalue weighted by Gasteiger charge is 2.35. The number of thiophene rings is 1. The van der Waals surface area contributed by atoms with Crippen LogP contribution in [0.15, 0.2) is 35.7 Å². The van der Waals surface area contributed by atoms with E-state index in [0.29, 0.717) is 17.9 Å². The lowest BCUT2D eigenvalue weighted by Gasteiger charge is -2.24. The highest BCUT2D eigenvalue weighted by atomic mass is 32.1. The number of rotatable bonds is 4. The summed E-state index contributed by atoms with van der Waals surface area (Å²) in [4.78, 5) is 29.0. The van der Waals surface area contributed by atoms with Crippen molar-refractivity contribution in [3.63, 3.8) is 0 Å². The van der Waals surface area contributed by atoms with Crippen LogP contribution in [0.3, 0.4) is 0 Å². The molecule has 1 aromatic heterocycles. The summed E-state index contributed by atoms with van der Waals surface area (Å²) in [5, 5.41) is 2.07. The number of Topliss-reactive ketones (excluding diaryl/α,β-unsaturated/α-hetero) is 1. The topological polar surface area (TPSA) is 40.6 Å². The molecule has 0 saturated carbocycles. The Kier molecular flexibility index (Phi) is 3.61. The molecule has 0 N–H and O–H groups in total. The van der Waals surface area contributed by atoms with E-state index in [1.54, 1.807) is 28.4 Å². The fourth-order valence-corrected chi connectivity index (χ4v) is 3.48. The Morgan fingerprint density at radius 2 is 1.95 bits per heavy atom. The van der Waals surface area contributed by atoms with Gasteiger partial charge < -0.3 is 0 Å². The molecule has 0 spiro atoms. The van der Waals surface area contributed by atoms with Crippen LogP contribution in [0.4, 0.5) is 5.69 Å². The molecular weight excluding hydrogens is 284 g/mol. The van der Waals surface area contributed by atoms with Gasteiger partial charge in [0.05, 0.1) is 17.9 Å². The second kappa shape index (κ2) is 5.42. The Morgan fingerprint density at radius 1 is 1.19 bits per heavy atom. The molecule has 0 radical (unpaired) electrons. The number of amides is 1. The van der Waals surface area contributed by atoms with Crippen molar-refractivity contribution in [1.29, 1.82) is 0 Å². The molecule has 2 aromatic rings. The van der Waals surface area contributed by atoms with Crippen LogP contribution in [-0.4, -0.2) is 30.3 Å². The van der Waals surface area contributed by atoms with Gasteiger partial charge in [-0.3, -0.25) is 19.4 Å². The standard InChI is InChI=1S/C16H16N2O2S/c1-11-7-8-21-14(11)9-17(2)10-18-13-6-4-3-5-12(13)15(19)16(18)20/h3-8H,9-10H2,1-2H3. The van der Waals surface area contributed by atoms with Gasteiger partial charge in [0.15, 0.2) is 0 Å². The normalized spacial score (nSPS) is 14.1. The Balaban J connectivity index is 1.77. The third-order valence-corrected chi connectivity index (χ3v) is 4.65. The van der Waals surface area contributed by atoms with Gasteiger partial charge in [0.2, 0.25) is 0 Å². The van der Waals surface area contributed by atoms with Crippen LogP contribution in [0.5, 0.6) is 0 Å². The van der Waals surface area contributed by atoms with Crippen molar-refractivity contribution >= 4 is 28.7 Å². The Hall–Kier alpha value is -1.98. The second-order valence-electron chi connectivity index (χ2n) is 5.26. The van der Waals surface area contributed by atoms with Gasteiger partial charge in [-0.25, -0.2) is 0 Å². The number of benzene rings is 1. The van der Waals surface area contributed by atoms with E-state index in [1.807, 2.05) is 24.1 Å². The molecule has 1 amide bonds. The summed E-state index contributed by atoms with van der Waals surface area (Å²) in [7, 11) is 1.96. The lowest BCUT2D eigenvalue weighted by atomic mass is 10.1. The Morgan fingerprint density at radius 3 is 2.67 bits per heavy atom. The van der Waals surface area contributed by atoms with Crippen LogP contribution in [-0.2, 0) is 11.3 Å². The first kappa shape index (κ1) is 14.0. The molecule has 4 nitrogen and oxygen atoms in total. The SMILES string of the molecule is Cc1ccsc1CN(C)CN1C(=O)C(=O)c2ccccc21. The number of hydrogen-bond donors (Lipinski definition) is 0. The minimum absolute atomic E-state index is 0.411. The first-order valence-corrected chi connectivity index (χ1v) is 7.62. The first-order chi connectivity index (χ1) is 10.1. The van der Waals surface area contributed by atoms with Crippen LogP contribution >= 0.6 is 11.3 Å². The molecule has 21 heavy (non-hydrogen) atoms. The molecule has 1 aliphatic rings.